The Kier molecular flexibility index (Phi) is 4.47. The predicted molar refractivity (Wildman–Crippen MR) is 78.0 cm³/mol. The van der Waals surface area contributed by atoms with Crippen molar-refractivity contribution in [2.75, 3.05) is 19.0 Å². The summed E-state index contributed by atoms with van der Waals surface area (Å²) >= 11 is 0. The van der Waals surface area contributed by atoms with Gasteiger partial charge in [0, 0.05) is 25.8 Å². The predicted octanol–water partition coefficient (Wildman–Crippen LogP) is 2.36. The Bertz CT molecular complexity index is 503. The highest BCUT2D eigenvalue weighted by Gasteiger charge is 2.21. The number of hydrogen-bond donors (Lipinski definition) is 1. The zero-order chi connectivity index (χ0) is 13.9. The fourth-order valence-electron chi connectivity index (χ4n) is 2.43. The molecule has 0 aliphatic heterocycles. The summed E-state index contributed by atoms with van der Waals surface area (Å²) in [5.74, 6) is 0. The van der Waals surface area contributed by atoms with E-state index in [1.54, 1.807) is 12.1 Å². The zero-order valence-electron chi connectivity index (χ0n) is 11.6. The van der Waals surface area contributed by atoms with Gasteiger partial charge in [0.15, 0.2) is 0 Å². The maximum absolute atomic E-state index is 12.3. The minimum absolute atomic E-state index is 0.104. The average molecular weight is 282 g/mol. The normalized spacial score (nSPS) is 17.4. The second-order valence-corrected chi connectivity index (χ2v) is 7.06. The van der Waals surface area contributed by atoms with Crippen molar-refractivity contribution < 1.29 is 8.42 Å². The lowest BCUT2D eigenvalue weighted by atomic mass is 9.96. The van der Waals surface area contributed by atoms with Crippen LogP contribution in [0.5, 0.6) is 0 Å². The fourth-order valence-corrected chi connectivity index (χ4v) is 3.74. The summed E-state index contributed by atoms with van der Waals surface area (Å²) in [6.45, 7) is 0. The molecule has 1 aliphatic carbocycles. The van der Waals surface area contributed by atoms with E-state index < -0.39 is 10.0 Å². The van der Waals surface area contributed by atoms with Crippen molar-refractivity contribution in [2.24, 2.45) is 0 Å². The molecule has 1 N–H and O–H groups in total. The lowest BCUT2D eigenvalue weighted by molar-refractivity contribution is 0.412. The summed E-state index contributed by atoms with van der Waals surface area (Å²) in [4.78, 5) is 2.30. The molecule has 4 nitrogen and oxygen atoms in total. The molecule has 0 saturated heterocycles. The van der Waals surface area contributed by atoms with Gasteiger partial charge in [0.05, 0.1) is 4.90 Å². The molecule has 0 bridgehead atoms. The van der Waals surface area contributed by atoms with Crippen LogP contribution in [0.25, 0.3) is 0 Å². The largest absolute Gasteiger partial charge is 0.378 e. The smallest absolute Gasteiger partial charge is 0.240 e. The van der Waals surface area contributed by atoms with Crippen LogP contribution in [-0.4, -0.2) is 28.6 Å². The first-order chi connectivity index (χ1) is 8.99. The molecule has 2 rings (SSSR count). The molecule has 19 heavy (non-hydrogen) atoms. The summed E-state index contributed by atoms with van der Waals surface area (Å²) in [6.07, 6.45) is 5.36. The molecule has 0 heterocycles. The quantitative estimate of drug-likeness (QED) is 0.922. The molecule has 1 aliphatic rings. The highest BCUT2D eigenvalue weighted by atomic mass is 32.2. The Labute approximate surface area is 115 Å². The van der Waals surface area contributed by atoms with Crippen molar-refractivity contribution in [3.63, 3.8) is 0 Å². The minimum atomic E-state index is -3.37. The van der Waals surface area contributed by atoms with E-state index >= 15 is 0 Å². The third-order valence-corrected chi connectivity index (χ3v) is 5.13. The summed E-state index contributed by atoms with van der Waals surface area (Å²) in [6, 6.07) is 7.10. The van der Waals surface area contributed by atoms with Gasteiger partial charge in [0.1, 0.15) is 0 Å². The molecule has 1 saturated carbocycles. The van der Waals surface area contributed by atoms with Crippen LogP contribution in [0.2, 0.25) is 0 Å². The van der Waals surface area contributed by atoms with Gasteiger partial charge in [-0.3, -0.25) is 0 Å². The van der Waals surface area contributed by atoms with Gasteiger partial charge in [0.25, 0.3) is 0 Å². The van der Waals surface area contributed by atoms with E-state index in [-0.39, 0.29) is 6.04 Å². The van der Waals surface area contributed by atoms with Crippen LogP contribution in [0.15, 0.2) is 29.2 Å². The van der Waals surface area contributed by atoms with E-state index in [9.17, 15) is 8.42 Å². The van der Waals surface area contributed by atoms with Crippen molar-refractivity contribution in [3.05, 3.63) is 24.3 Å². The second-order valence-electron chi connectivity index (χ2n) is 5.34. The zero-order valence-corrected chi connectivity index (χ0v) is 12.4. The lowest BCUT2D eigenvalue weighted by Crippen LogP contribution is -2.36. The topological polar surface area (TPSA) is 49.4 Å². The first-order valence-electron chi connectivity index (χ1n) is 6.79. The molecule has 1 aromatic rings. The summed E-state index contributed by atoms with van der Waals surface area (Å²) in [5, 5.41) is 0. The van der Waals surface area contributed by atoms with Crippen molar-refractivity contribution in [1.82, 2.24) is 4.72 Å². The molecule has 0 amide bonds. The van der Waals surface area contributed by atoms with Gasteiger partial charge in [0.2, 0.25) is 10.0 Å². The van der Waals surface area contributed by atoms with Gasteiger partial charge in [-0.1, -0.05) is 19.3 Å². The van der Waals surface area contributed by atoms with Crippen molar-refractivity contribution in [2.45, 2.75) is 43.0 Å². The molecule has 0 spiro atoms. The number of anilines is 1. The molecular formula is C14H22N2O2S. The van der Waals surface area contributed by atoms with E-state index in [2.05, 4.69) is 4.72 Å². The highest BCUT2D eigenvalue weighted by molar-refractivity contribution is 7.89. The Hall–Kier alpha value is -1.07. The maximum Gasteiger partial charge on any atom is 0.240 e. The standard InChI is InChI=1S/C14H22N2O2S/c1-16(2)13-8-10-14(11-9-13)19(17,18)15-12-6-4-3-5-7-12/h8-12,15H,3-7H2,1-2H3. The summed E-state index contributed by atoms with van der Waals surface area (Å²) in [5.41, 5.74) is 0.997. The Morgan fingerprint density at radius 2 is 1.63 bits per heavy atom. The van der Waals surface area contributed by atoms with Gasteiger partial charge in [-0.25, -0.2) is 13.1 Å². The van der Waals surface area contributed by atoms with E-state index in [1.165, 1.54) is 6.42 Å². The number of nitrogens with one attached hydrogen (secondary N) is 1. The van der Waals surface area contributed by atoms with Gasteiger partial charge >= 0.3 is 0 Å². The molecule has 0 aromatic heterocycles. The number of sulfonamides is 1. The first kappa shape index (κ1) is 14.3. The number of hydrogen-bond acceptors (Lipinski definition) is 3. The minimum Gasteiger partial charge on any atom is -0.378 e. The first-order valence-corrected chi connectivity index (χ1v) is 8.27. The van der Waals surface area contributed by atoms with Crippen LogP contribution >= 0.6 is 0 Å². The molecule has 106 valence electrons. The molecular weight excluding hydrogens is 260 g/mol. The third kappa shape index (κ3) is 3.70. The lowest BCUT2D eigenvalue weighted by Gasteiger charge is -2.22. The highest BCUT2D eigenvalue weighted by Crippen LogP contribution is 2.21. The van der Waals surface area contributed by atoms with Gasteiger partial charge in [-0.05, 0) is 37.1 Å². The van der Waals surface area contributed by atoms with Gasteiger partial charge in [-0.15, -0.1) is 0 Å². The van der Waals surface area contributed by atoms with Crippen molar-refractivity contribution in [3.8, 4) is 0 Å². The van der Waals surface area contributed by atoms with Crippen LogP contribution in [-0.2, 0) is 10.0 Å². The Morgan fingerprint density at radius 1 is 1.05 bits per heavy atom. The molecule has 1 aromatic carbocycles. The van der Waals surface area contributed by atoms with Crippen LogP contribution in [0.1, 0.15) is 32.1 Å². The number of rotatable bonds is 4. The van der Waals surface area contributed by atoms with Crippen LogP contribution in [0, 0.1) is 0 Å². The van der Waals surface area contributed by atoms with Crippen LogP contribution in [0.4, 0.5) is 5.69 Å². The fraction of sp³-hybridized carbons (Fsp3) is 0.571. The van der Waals surface area contributed by atoms with E-state index in [1.807, 2.05) is 31.1 Å². The van der Waals surface area contributed by atoms with Gasteiger partial charge < -0.3 is 4.90 Å². The molecule has 5 heteroatoms. The summed E-state index contributed by atoms with van der Waals surface area (Å²) < 4.78 is 27.3. The molecule has 0 radical (unpaired) electrons. The number of benzene rings is 1. The van der Waals surface area contributed by atoms with E-state index in [0.717, 1.165) is 31.4 Å². The second kappa shape index (κ2) is 5.92. The average Bonchev–Trinajstić information content (AvgIpc) is 2.39. The maximum atomic E-state index is 12.3. The van der Waals surface area contributed by atoms with Crippen molar-refractivity contribution in [1.29, 1.82) is 0 Å². The molecule has 1 fully saturated rings. The Morgan fingerprint density at radius 3 is 2.16 bits per heavy atom. The van der Waals surface area contributed by atoms with Crippen molar-refractivity contribution >= 4 is 15.7 Å². The van der Waals surface area contributed by atoms with E-state index in [4.69, 9.17) is 0 Å². The summed E-state index contributed by atoms with van der Waals surface area (Å²) in [7, 11) is 0.498. The monoisotopic (exact) mass is 282 g/mol. The van der Waals surface area contributed by atoms with Crippen LogP contribution < -0.4 is 9.62 Å². The Balaban J connectivity index is 2.10. The molecule has 0 unspecified atom stereocenters. The van der Waals surface area contributed by atoms with Gasteiger partial charge in [-0.2, -0.15) is 0 Å². The SMILES string of the molecule is CN(C)c1ccc(S(=O)(=O)NC2CCCCC2)cc1. The third-order valence-electron chi connectivity index (χ3n) is 3.59. The van der Waals surface area contributed by atoms with Crippen LogP contribution in [0.3, 0.4) is 0 Å². The molecule has 0 atom stereocenters. The van der Waals surface area contributed by atoms with E-state index in [0.29, 0.717) is 4.90 Å². The number of nitrogens with zero attached hydrogens (tertiary/aromatic N) is 1.